The Labute approximate surface area is 127 Å². The van der Waals surface area contributed by atoms with Gasteiger partial charge in [-0.05, 0) is 52.4 Å². The van der Waals surface area contributed by atoms with E-state index >= 15 is 0 Å². The van der Waals surface area contributed by atoms with E-state index in [9.17, 15) is 4.79 Å². The van der Waals surface area contributed by atoms with Gasteiger partial charge in [0.15, 0.2) is 0 Å². The van der Waals surface area contributed by atoms with Gasteiger partial charge in [-0.2, -0.15) is 0 Å². The molecule has 2 atom stereocenters. The monoisotopic (exact) mass is 299 g/mol. The summed E-state index contributed by atoms with van der Waals surface area (Å²) in [6, 6.07) is 0.492. The van der Waals surface area contributed by atoms with Gasteiger partial charge >= 0.3 is 5.97 Å². The van der Waals surface area contributed by atoms with Gasteiger partial charge in [-0.25, -0.2) is 0 Å². The largest absolute Gasteiger partial charge is 0.465 e. The first-order valence-corrected chi connectivity index (χ1v) is 8.28. The van der Waals surface area contributed by atoms with Crippen molar-refractivity contribution in [1.29, 1.82) is 0 Å². The van der Waals surface area contributed by atoms with Crippen molar-refractivity contribution < 1.29 is 19.0 Å². The van der Waals surface area contributed by atoms with Crippen molar-refractivity contribution in [3.05, 3.63) is 0 Å². The lowest BCUT2D eigenvalue weighted by Crippen LogP contribution is -2.51. The van der Waals surface area contributed by atoms with E-state index < -0.39 is 5.54 Å². The Morgan fingerprint density at radius 2 is 2.14 bits per heavy atom. The lowest BCUT2D eigenvalue weighted by molar-refractivity contribution is -0.151. The second kappa shape index (κ2) is 8.11. The molecule has 2 fully saturated rings. The van der Waals surface area contributed by atoms with E-state index in [0.717, 1.165) is 45.5 Å². The van der Waals surface area contributed by atoms with Crippen LogP contribution in [0.25, 0.3) is 0 Å². The Balaban J connectivity index is 1.66. The van der Waals surface area contributed by atoms with Gasteiger partial charge in [0.05, 0.1) is 19.3 Å². The number of carbonyl (C=O) groups is 1. The topological polar surface area (TPSA) is 56.8 Å². The van der Waals surface area contributed by atoms with Crippen molar-refractivity contribution in [3.8, 4) is 0 Å². The number of hydrogen-bond acceptors (Lipinski definition) is 5. The third-order valence-corrected chi connectivity index (χ3v) is 4.14. The predicted octanol–water partition coefficient (Wildman–Crippen LogP) is 2.04. The van der Waals surface area contributed by atoms with Crippen LogP contribution in [0.5, 0.6) is 0 Å². The standard InChI is InChI=1S/C16H29NO4/c1-3-20-15(18)16(2,17-13-6-7-13)9-4-5-10-21-14-8-11-19-12-14/h13-14,17H,3-12H2,1-2H3. The summed E-state index contributed by atoms with van der Waals surface area (Å²) in [5.74, 6) is -0.123. The van der Waals surface area contributed by atoms with Gasteiger partial charge < -0.3 is 14.2 Å². The molecule has 1 heterocycles. The summed E-state index contributed by atoms with van der Waals surface area (Å²) in [7, 11) is 0. The van der Waals surface area contributed by atoms with Crippen molar-refractivity contribution in [2.75, 3.05) is 26.4 Å². The maximum atomic E-state index is 12.2. The zero-order valence-corrected chi connectivity index (χ0v) is 13.4. The summed E-state index contributed by atoms with van der Waals surface area (Å²) in [5, 5.41) is 3.45. The predicted molar refractivity (Wildman–Crippen MR) is 80.2 cm³/mol. The van der Waals surface area contributed by atoms with Crippen LogP contribution >= 0.6 is 0 Å². The van der Waals surface area contributed by atoms with Crippen molar-refractivity contribution in [2.45, 2.75) is 70.1 Å². The van der Waals surface area contributed by atoms with E-state index in [1.54, 1.807) is 0 Å². The van der Waals surface area contributed by atoms with E-state index in [1.165, 1.54) is 12.8 Å². The van der Waals surface area contributed by atoms with Gasteiger partial charge in [0, 0.05) is 19.3 Å². The fourth-order valence-corrected chi connectivity index (χ4v) is 2.68. The van der Waals surface area contributed by atoms with E-state index in [0.29, 0.717) is 12.6 Å². The summed E-state index contributed by atoms with van der Waals surface area (Å²) >= 11 is 0. The number of carbonyl (C=O) groups excluding carboxylic acids is 1. The van der Waals surface area contributed by atoms with Gasteiger partial charge in [-0.3, -0.25) is 10.1 Å². The van der Waals surface area contributed by atoms with Gasteiger partial charge in [0.1, 0.15) is 5.54 Å². The molecule has 5 nitrogen and oxygen atoms in total. The molecule has 1 saturated carbocycles. The highest BCUT2D eigenvalue weighted by atomic mass is 16.5. The molecule has 5 heteroatoms. The highest BCUT2D eigenvalue weighted by Gasteiger charge is 2.39. The molecule has 1 saturated heterocycles. The van der Waals surface area contributed by atoms with Crippen LogP contribution in [0.2, 0.25) is 0 Å². The molecular weight excluding hydrogens is 270 g/mol. The Bertz CT molecular complexity index is 326. The molecule has 0 radical (unpaired) electrons. The van der Waals surface area contributed by atoms with Crippen LogP contribution < -0.4 is 5.32 Å². The molecule has 0 aromatic carbocycles. The molecule has 0 aromatic rings. The molecule has 0 amide bonds. The number of nitrogens with one attached hydrogen (secondary N) is 1. The first-order chi connectivity index (χ1) is 10.1. The maximum absolute atomic E-state index is 12.2. The van der Waals surface area contributed by atoms with Gasteiger partial charge in [0.2, 0.25) is 0 Å². The smallest absolute Gasteiger partial charge is 0.326 e. The molecule has 1 aliphatic heterocycles. The minimum atomic E-state index is -0.548. The van der Waals surface area contributed by atoms with E-state index in [1.807, 2.05) is 13.8 Å². The zero-order valence-electron chi connectivity index (χ0n) is 13.4. The number of ether oxygens (including phenoxy) is 3. The molecule has 1 N–H and O–H groups in total. The summed E-state index contributed by atoms with van der Waals surface area (Å²) in [5.41, 5.74) is -0.548. The second-order valence-electron chi connectivity index (χ2n) is 6.28. The lowest BCUT2D eigenvalue weighted by atomic mass is 9.94. The minimum Gasteiger partial charge on any atom is -0.465 e. The number of esters is 1. The maximum Gasteiger partial charge on any atom is 0.326 e. The fourth-order valence-electron chi connectivity index (χ4n) is 2.68. The number of rotatable bonds is 10. The average molecular weight is 299 g/mol. The molecule has 122 valence electrons. The first kappa shape index (κ1) is 16.7. The van der Waals surface area contributed by atoms with E-state index in [2.05, 4.69) is 5.32 Å². The van der Waals surface area contributed by atoms with Crippen LogP contribution in [0.4, 0.5) is 0 Å². The van der Waals surface area contributed by atoms with Gasteiger partial charge in [-0.15, -0.1) is 0 Å². The number of hydrogen-bond donors (Lipinski definition) is 1. The third kappa shape index (κ3) is 5.57. The molecule has 2 aliphatic rings. The number of unbranched alkanes of at least 4 members (excludes halogenated alkanes) is 1. The summed E-state index contributed by atoms with van der Waals surface area (Å²) in [6.45, 7) is 6.55. The third-order valence-electron chi connectivity index (χ3n) is 4.14. The van der Waals surface area contributed by atoms with E-state index in [4.69, 9.17) is 14.2 Å². The molecule has 0 spiro atoms. The quantitative estimate of drug-likeness (QED) is 0.494. The molecule has 2 unspecified atom stereocenters. The van der Waals surface area contributed by atoms with Crippen molar-refractivity contribution in [1.82, 2.24) is 5.32 Å². The Kier molecular flexibility index (Phi) is 6.45. The highest BCUT2D eigenvalue weighted by Crippen LogP contribution is 2.26. The van der Waals surface area contributed by atoms with Crippen LogP contribution in [-0.4, -0.2) is 50.1 Å². The summed E-state index contributed by atoms with van der Waals surface area (Å²) < 4.78 is 16.3. The van der Waals surface area contributed by atoms with Crippen LogP contribution in [0.3, 0.4) is 0 Å². The van der Waals surface area contributed by atoms with Crippen LogP contribution in [0, 0.1) is 0 Å². The zero-order chi connectivity index (χ0) is 15.1. The molecule has 0 bridgehead atoms. The molecule has 0 aromatic heterocycles. The summed E-state index contributed by atoms with van der Waals surface area (Å²) in [4.78, 5) is 12.2. The van der Waals surface area contributed by atoms with Gasteiger partial charge in [-0.1, -0.05) is 0 Å². The molecule has 21 heavy (non-hydrogen) atoms. The normalized spacial score (nSPS) is 24.8. The fraction of sp³-hybridized carbons (Fsp3) is 0.938. The average Bonchev–Trinajstić information content (AvgIpc) is 3.11. The van der Waals surface area contributed by atoms with E-state index in [-0.39, 0.29) is 12.1 Å². The van der Waals surface area contributed by atoms with Crippen LogP contribution in [-0.2, 0) is 19.0 Å². The second-order valence-corrected chi connectivity index (χ2v) is 6.28. The van der Waals surface area contributed by atoms with Crippen LogP contribution in [0.1, 0.15) is 52.4 Å². The molecular formula is C16H29NO4. The Morgan fingerprint density at radius 1 is 1.33 bits per heavy atom. The first-order valence-electron chi connectivity index (χ1n) is 8.28. The van der Waals surface area contributed by atoms with Crippen molar-refractivity contribution in [3.63, 3.8) is 0 Å². The van der Waals surface area contributed by atoms with Crippen LogP contribution in [0.15, 0.2) is 0 Å². The van der Waals surface area contributed by atoms with Crippen molar-refractivity contribution >= 4 is 5.97 Å². The van der Waals surface area contributed by atoms with Gasteiger partial charge in [0.25, 0.3) is 0 Å². The SMILES string of the molecule is CCOC(=O)C(C)(CCCCOC1CCOC1)NC1CC1. The van der Waals surface area contributed by atoms with Crippen molar-refractivity contribution in [2.24, 2.45) is 0 Å². The molecule has 2 rings (SSSR count). The highest BCUT2D eigenvalue weighted by molar-refractivity contribution is 5.80. The Hall–Kier alpha value is -0.650. The Morgan fingerprint density at radius 3 is 2.76 bits per heavy atom. The minimum absolute atomic E-state index is 0.123. The lowest BCUT2D eigenvalue weighted by Gasteiger charge is -2.28. The summed E-state index contributed by atoms with van der Waals surface area (Å²) in [6.07, 6.45) is 6.34. The molecule has 1 aliphatic carbocycles.